The molecule has 4 nitrogen and oxygen atoms in total. The first-order chi connectivity index (χ1) is 11.8. The van der Waals surface area contributed by atoms with Gasteiger partial charge in [-0.3, -0.25) is 0 Å². The van der Waals surface area contributed by atoms with E-state index < -0.39 is 27.5 Å². The molecule has 0 N–H and O–H groups in total. The Balaban J connectivity index is 1.77. The smallest absolute Gasteiger partial charge is 0.243 e. The monoisotopic (exact) mass is 390 g/mol. The van der Waals surface area contributed by atoms with Crippen molar-refractivity contribution in [1.29, 1.82) is 0 Å². The summed E-state index contributed by atoms with van der Waals surface area (Å²) in [6.07, 6.45) is 0. The summed E-state index contributed by atoms with van der Waals surface area (Å²) in [7, 11) is -3.72. The molecule has 2 aromatic rings. The highest BCUT2D eigenvalue weighted by molar-refractivity contribution is 7.89. The Labute approximate surface area is 148 Å². The molecule has 1 aliphatic heterocycles. The Kier molecular flexibility index (Phi) is 4.95. The molecule has 0 bridgehead atoms. The molecule has 0 spiro atoms. The third kappa shape index (κ3) is 3.47. The topological polar surface area (TPSA) is 40.6 Å². The van der Waals surface area contributed by atoms with Crippen LogP contribution < -0.4 is 4.90 Å². The Bertz CT molecular complexity index is 900. The van der Waals surface area contributed by atoms with Crippen LogP contribution in [-0.4, -0.2) is 38.9 Å². The van der Waals surface area contributed by atoms with Gasteiger partial charge < -0.3 is 4.90 Å². The van der Waals surface area contributed by atoms with Gasteiger partial charge >= 0.3 is 0 Å². The molecule has 1 fully saturated rings. The van der Waals surface area contributed by atoms with E-state index in [2.05, 4.69) is 0 Å². The lowest BCUT2D eigenvalue weighted by atomic mass is 10.2. The standard InChI is InChI=1S/C16H14ClF3N2O2S/c17-11-2-1-3-12(10-11)25(23,24)22-8-6-21(7-9-22)14-5-4-13(18)15(19)16(14)20/h1-5,10H,6-9H2. The summed E-state index contributed by atoms with van der Waals surface area (Å²) in [4.78, 5) is 1.56. The van der Waals surface area contributed by atoms with Crippen LogP contribution in [0.5, 0.6) is 0 Å². The van der Waals surface area contributed by atoms with Crippen LogP contribution >= 0.6 is 11.6 Å². The molecule has 0 saturated carbocycles. The van der Waals surface area contributed by atoms with Crippen molar-refractivity contribution in [3.63, 3.8) is 0 Å². The Morgan fingerprint density at radius 1 is 0.920 bits per heavy atom. The summed E-state index contributed by atoms with van der Waals surface area (Å²) in [5.74, 6) is -4.07. The van der Waals surface area contributed by atoms with Crippen molar-refractivity contribution in [2.75, 3.05) is 31.1 Å². The fourth-order valence-corrected chi connectivity index (χ4v) is 4.43. The molecule has 0 aromatic heterocycles. The van der Waals surface area contributed by atoms with Crippen LogP contribution in [0.3, 0.4) is 0 Å². The third-order valence-electron chi connectivity index (χ3n) is 4.03. The number of benzene rings is 2. The summed E-state index contributed by atoms with van der Waals surface area (Å²) >= 11 is 5.84. The molecular formula is C16H14ClF3N2O2S. The molecule has 0 amide bonds. The molecule has 2 aromatic carbocycles. The maximum atomic E-state index is 13.9. The van der Waals surface area contributed by atoms with Gasteiger partial charge in [-0.1, -0.05) is 17.7 Å². The lowest BCUT2D eigenvalue weighted by molar-refractivity contribution is 0.380. The zero-order valence-corrected chi connectivity index (χ0v) is 14.5. The van der Waals surface area contributed by atoms with E-state index >= 15 is 0 Å². The van der Waals surface area contributed by atoms with Gasteiger partial charge in [0.1, 0.15) is 0 Å². The molecule has 25 heavy (non-hydrogen) atoms. The van der Waals surface area contributed by atoms with Crippen molar-refractivity contribution in [2.45, 2.75) is 4.90 Å². The zero-order chi connectivity index (χ0) is 18.2. The summed E-state index contributed by atoms with van der Waals surface area (Å²) in [6.45, 7) is 0.490. The van der Waals surface area contributed by atoms with Crippen molar-refractivity contribution in [2.24, 2.45) is 0 Å². The number of hydrogen-bond donors (Lipinski definition) is 0. The predicted octanol–water partition coefficient (Wildman–Crippen LogP) is 3.27. The van der Waals surface area contributed by atoms with Crippen molar-refractivity contribution >= 4 is 27.3 Å². The quantitative estimate of drug-likeness (QED) is 0.755. The number of sulfonamides is 1. The van der Waals surface area contributed by atoms with Crippen LogP contribution in [0, 0.1) is 17.5 Å². The maximum Gasteiger partial charge on any atom is 0.243 e. The third-order valence-corrected chi connectivity index (χ3v) is 6.16. The second-order valence-electron chi connectivity index (χ2n) is 5.54. The molecule has 0 atom stereocenters. The number of halogens is 4. The highest BCUT2D eigenvalue weighted by atomic mass is 35.5. The first-order valence-electron chi connectivity index (χ1n) is 7.45. The molecule has 0 radical (unpaired) electrons. The van der Waals surface area contributed by atoms with E-state index in [9.17, 15) is 21.6 Å². The number of anilines is 1. The second kappa shape index (κ2) is 6.86. The Hall–Kier alpha value is -1.77. The second-order valence-corrected chi connectivity index (χ2v) is 7.92. The lowest BCUT2D eigenvalue weighted by Crippen LogP contribution is -2.49. The number of rotatable bonds is 3. The SMILES string of the molecule is O=S(=O)(c1cccc(Cl)c1)N1CCN(c2ccc(F)c(F)c2F)CC1. The van der Waals surface area contributed by atoms with Crippen molar-refractivity contribution in [1.82, 2.24) is 4.31 Å². The molecule has 1 saturated heterocycles. The van der Waals surface area contributed by atoms with Crippen molar-refractivity contribution < 1.29 is 21.6 Å². The van der Waals surface area contributed by atoms with Gasteiger partial charge in [-0.05, 0) is 30.3 Å². The van der Waals surface area contributed by atoms with Gasteiger partial charge in [0.25, 0.3) is 0 Å². The van der Waals surface area contributed by atoms with Gasteiger partial charge in [-0.2, -0.15) is 4.31 Å². The Morgan fingerprint density at radius 3 is 2.24 bits per heavy atom. The van der Waals surface area contributed by atoms with Gasteiger partial charge in [-0.25, -0.2) is 21.6 Å². The van der Waals surface area contributed by atoms with Crippen LogP contribution in [0.4, 0.5) is 18.9 Å². The molecule has 3 rings (SSSR count). The zero-order valence-electron chi connectivity index (χ0n) is 12.9. The highest BCUT2D eigenvalue weighted by Gasteiger charge is 2.30. The molecule has 9 heteroatoms. The molecule has 0 aliphatic carbocycles. The first kappa shape index (κ1) is 18.0. The van der Waals surface area contributed by atoms with E-state index in [1.807, 2.05) is 0 Å². The summed E-state index contributed by atoms with van der Waals surface area (Å²) in [5, 5.41) is 0.309. The van der Waals surface area contributed by atoms with E-state index in [0.717, 1.165) is 12.1 Å². The van der Waals surface area contributed by atoms with Gasteiger partial charge in [0, 0.05) is 31.2 Å². The summed E-state index contributed by atoms with van der Waals surface area (Å²) in [6, 6.07) is 7.92. The Morgan fingerprint density at radius 2 is 1.60 bits per heavy atom. The normalized spacial score (nSPS) is 16.2. The van der Waals surface area contributed by atoms with Crippen molar-refractivity contribution in [3.05, 3.63) is 58.9 Å². The van der Waals surface area contributed by atoms with Crippen LogP contribution in [0.25, 0.3) is 0 Å². The van der Waals surface area contributed by atoms with Crippen LogP contribution in [-0.2, 0) is 10.0 Å². The number of piperazine rings is 1. The first-order valence-corrected chi connectivity index (χ1v) is 9.26. The maximum absolute atomic E-state index is 13.9. The fourth-order valence-electron chi connectivity index (χ4n) is 2.71. The van der Waals surface area contributed by atoms with Gasteiger partial charge in [0.2, 0.25) is 10.0 Å². The van der Waals surface area contributed by atoms with E-state index in [4.69, 9.17) is 11.6 Å². The molecule has 1 aliphatic rings. The molecule has 134 valence electrons. The van der Waals surface area contributed by atoms with E-state index in [-0.39, 0.29) is 36.8 Å². The molecular weight excluding hydrogens is 377 g/mol. The average Bonchev–Trinajstić information content (AvgIpc) is 2.60. The lowest BCUT2D eigenvalue weighted by Gasteiger charge is -2.35. The van der Waals surface area contributed by atoms with Gasteiger partial charge in [0.15, 0.2) is 17.5 Å². The minimum Gasteiger partial charge on any atom is -0.366 e. The van der Waals surface area contributed by atoms with Gasteiger partial charge in [0.05, 0.1) is 10.6 Å². The van der Waals surface area contributed by atoms with E-state index in [1.165, 1.54) is 21.3 Å². The minimum absolute atomic E-state index is 0.0763. The highest BCUT2D eigenvalue weighted by Crippen LogP contribution is 2.26. The predicted molar refractivity (Wildman–Crippen MR) is 88.7 cm³/mol. The minimum atomic E-state index is -3.72. The summed E-state index contributed by atoms with van der Waals surface area (Å²) in [5.41, 5.74) is -0.0845. The van der Waals surface area contributed by atoms with Crippen molar-refractivity contribution in [3.8, 4) is 0 Å². The van der Waals surface area contributed by atoms with E-state index in [0.29, 0.717) is 5.02 Å². The fraction of sp³-hybridized carbons (Fsp3) is 0.250. The average molecular weight is 391 g/mol. The summed E-state index contributed by atoms with van der Waals surface area (Å²) < 4.78 is 66.8. The largest absolute Gasteiger partial charge is 0.366 e. The molecule has 1 heterocycles. The van der Waals surface area contributed by atoms with Crippen LogP contribution in [0.1, 0.15) is 0 Å². The molecule has 0 unspecified atom stereocenters. The van der Waals surface area contributed by atoms with Crippen LogP contribution in [0.15, 0.2) is 41.3 Å². The van der Waals surface area contributed by atoms with E-state index in [1.54, 1.807) is 12.1 Å². The van der Waals surface area contributed by atoms with Gasteiger partial charge in [-0.15, -0.1) is 0 Å². The number of hydrogen-bond acceptors (Lipinski definition) is 3. The van der Waals surface area contributed by atoms with Crippen LogP contribution in [0.2, 0.25) is 5.02 Å². The number of nitrogens with zero attached hydrogens (tertiary/aromatic N) is 2.